The molecule has 0 saturated heterocycles. The predicted molar refractivity (Wildman–Crippen MR) is 155 cm³/mol. The lowest BCUT2D eigenvalue weighted by Crippen LogP contribution is -2.36. The highest BCUT2D eigenvalue weighted by Crippen LogP contribution is 2.36. The second kappa shape index (κ2) is 15.2. The SMILES string of the molecule is CCc1nn(-c2ccccc2)c(Oc2ccccc2OC)c1CN(CCOC)C[C@@H](O)COCc1ccccc1. The Balaban J connectivity index is 1.59. The smallest absolute Gasteiger partial charge is 0.227 e. The van der Waals surface area contributed by atoms with Gasteiger partial charge in [0.25, 0.3) is 0 Å². The minimum atomic E-state index is -0.673. The summed E-state index contributed by atoms with van der Waals surface area (Å²) in [7, 11) is 3.31. The van der Waals surface area contributed by atoms with E-state index in [0.717, 1.165) is 28.9 Å². The molecule has 0 spiro atoms. The van der Waals surface area contributed by atoms with Crippen LogP contribution in [0.5, 0.6) is 17.4 Å². The molecule has 0 aliphatic heterocycles. The lowest BCUT2D eigenvalue weighted by molar-refractivity contribution is 0.00466. The van der Waals surface area contributed by atoms with Gasteiger partial charge in [0.15, 0.2) is 11.5 Å². The number of rotatable bonds is 16. The van der Waals surface area contributed by atoms with Gasteiger partial charge in [-0.2, -0.15) is 5.10 Å². The van der Waals surface area contributed by atoms with Crippen molar-refractivity contribution in [3.05, 3.63) is 102 Å². The van der Waals surface area contributed by atoms with E-state index in [1.54, 1.807) is 14.2 Å². The summed E-state index contributed by atoms with van der Waals surface area (Å²) in [6, 6.07) is 27.5. The second-order valence-corrected chi connectivity index (χ2v) is 9.47. The summed E-state index contributed by atoms with van der Waals surface area (Å²) in [6.45, 7) is 4.84. The summed E-state index contributed by atoms with van der Waals surface area (Å²) >= 11 is 0. The standard InChI is InChI=1S/C32H39N3O5/c1-4-29-28(22-34(19-20-37-2)21-27(36)24-39-23-25-13-7-5-8-14-25)32(35(33-29)26-15-9-6-10-16-26)40-31-18-12-11-17-30(31)38-3/h5-18,27,36H,4,19-24H2,1-3H3/t27-/m1/s1. The molecule has 8 nitrogen and oxygen atoms in total. The van der Waals surface area contributed by atoms with Crippen LogP contribution in [-0.2, 0) is 29.0 Å². The van der Waals surface area contributed by atoms with E-state index in [9.17, 15) is 5.11 Å². The van der Waals surface area contributed by atoms with Crippen LogP contribution in [0.3, 0.4) is 0 Å². The Labute approximate surface area is 236 Å². The molecule has 0 saturated carbocycles. The lowest BCUT2D eigenvalue weighted by Gasteiger charge is -2.25. The van der Waals surface area contributed by atoms with Gasteiger partial charge in [-0.3, -0.25) is 4.90 Å². The van der Waals surface area contributed by atoms with E-state index >= 15 is 0 Å². The molecule has 1 heterocycles. The van der Waals surface area contributed by atoms with Gasteiger partial charge in [0.05, 0.1) is 50.0 Å². The summed E-state index contributed by atoms with van der Waals surface area (Å²) in [5.74, 6) is 1.85. The zero-order valence-corrected chi connectivity index (χ0v) is 23.5. The molecule has 0 radical (unpaired) electrons. The van der Waals surface area contributed by atoms with Crippen molar-refractivity contribution >= 4 is 0 Å². The van der Waals surface area contributed by atoms with Crippen molar-refractivity contribution < 1.29 is 24.1 Å². The third-order valence-electron chi connectivity index (χ3n) is 6.52. The largest absolute Gasteiger partial charge is 0.493 e. The number of methoxy groups -OCH3 is 2. The average molecular weight is 546 g/mol. The molecular formula is C32H39N3O5. The van der Waals surface area contributed by atoms with Crippen LogP contribution in [0.1, 0.15) is 23.7 Å². The summed E-state index contributed by atoms with van der Waals surface area (Å²) in [5, 5.41) is 15.8. The summed E-state index contributed by atoms with van der Waals surface area (Å²) in [6.07, 6.45) is 0.0478. The maximum Gasteiger partial charge on any atom is 0.227 e. The fourth-order valence-electron chi connectivity index (χ4n) is 4.49. The third kappa shape index (κ3) is 7.92. The van der Waals surface area contributed by atoms with Gasteiger partial charge in [-0.25, -0.2) is 4.68 Å². The topological polar surface area (TPSA) is 78.2 Å². The molecular weight excluding hydrogens is 506 g/mol. The first-order chi connectivity index (χ1) is 19.6. The van der Waals surface area contributed by atoms with Gasteiger partial charge >= 0.3 is 0 Å². The zero-order chi connectivity index (χ0) is 28.2. The molecule has 1 atom stereocenters. The van der Waals surface area contributed by atoms with Crippen LogP contribution in [0.25, 0.3) is 5.69 Å². The first kappa shape index (κ1) is 29.3. The molecule has 40 heavy (non-hydrogen) atoms. The highest BCUT2D eigenvalue weighted by atomic mass is 16.5. The predicted octanol–water partition coefficient (Wildman–Crippen LogP) is 5.26. The maximum atomic E-state index is 10.9. The Morgan fingerprint density at radius 3 is 2.25 bits per heavy atom. The molecule has 4 rings (SSSR count). The monoisotopic (exact) mass is 545 g/mol. The Hall–Kier alpha value is -3.69. The summed E-state index contributed by atoms with van der Waals surface area (Å²) in [4.78, 5) is 2.15. The molecule has 4 aromatic rings. The van der Waals surface area contributed by atoms with Crippen LogP contribution < -0.4 is 9.47 Å². The number of benzene rings is 3. The number of nitrogens with zero attached hydrogens (tertiary/aromatic N) is 3. The highest BCUT2D eigenvalue weighted by molar-refractivity contribution is 5.47. The van der Waals surface area contributed by atoms with Gasteiger partial charge in [-0.15, -0.1) is 0 Å². The Morgan fingerprint density at radius 1 is 0.900 bits per heavy atom. The average Bonchev–Trinajstić information content (AvgIpc) is 3.33. The van der Waals surface area contributed by atoms with E-state index < -0.39 is 6.10 Å². The van der Waals surface area contributed by atoms with Gasteiger partial charge in [-0.1, -0.05) is 67.6 Å². The third-order valence-corrected chi connectivity index (χ3v) is 6.52. The molecule has 0 fully saturated rings. The first-order valence-corrected chi connectivity index (χ1v) is 13.6. The number of aliphatic hydroxyl groups excluding tert-OH is 1. The molecule has 0 aliphatic rings. The number of para-hydroxylation sites is 3. The first-order valence-electron chi connectivity index (χ1n) is 13.6. The summed E-state index contributed by atoms with van der Waals surface area (Å²) in [5.41, 5.74) is 3.84. The van der Waals surface area contributed by atoms with E-state index in [4.69, 9.17) is 24.0 Å². The maximum absolute atomic E-state index is 10.9. The van der Waals surface area contributed by atoms with Crippen LogP contribution in [0, 0.1) is 0 Å². The van der Waals surface area contributed by atoms with Crippen molar-refractivity contribution in [1.29, 1.82) is 0 Å². The Kier molecular flexibility index (Phi) is 11.1. The van der Waals surface area contributed by atoms with Crippen LogP contribution in [0.15, 0.2) is 84.9 Å². The number of hydrogen-bond donors (Lipinski definition) is 1. The lowest BCUT2D eigenvalue weighted by atomic mass is 10.1. The molecule has 0 aliphatic carbocycles. The van der Waals surface area contributed by atoms with E-state index in [0.29, 0.717) is 50.2 Å². The highest BCUT2D eigenvalue weighted by Gasteiger charge is 2.24. The van der Waals surface area contributed by atoms with E-state index in [1.807, 2.05) is 89.6 Å². The van der Waals surface area contributed by atoms with Gasteiger partial charge in [0.2, 0.25) is 5.88 Å². The number of aromatic nitrogens is 2. The van der Waals surface area contributed by atoms with E-state index in [1.165, 1.54) is 0 Å². The summed E-state index contributed by atoms with van der Waals surface area (Å²) < 4.78 is 25.2. The number of hydrogen-bond acceptors (Lipinski definition) is 7. The molecule has 0 bridgehead atoms. The fourth-order valence-corrected chi connectivity index (χ4v) is 4.49. The van der Waals surface area contributed by atoms with Crippen LogP contribution in [-0.4, -0.2) is 66.4 Å². The van der Waals surface area contributed by atoms with Crippen molar-refractivity contribution in [2.24, 2.45) is 0 Å². The molecule has 8 heteroatoms. The van der Waals surface area contributed by atoms with Crippen LogP contribution >= 0.6 is 0 Å². The second-order valence-electron chi connectivity index (χ2n) is 9.47. The Morgan fingerprint density at radius 2 is 1.57 bits per heavy atom. The molecule has 1 aromatic heterocycles. The van der Waals surface area contributed by atoms with E-state index in [2.05, 4.69) is 11.8 Å². The van der Waals surface area contributed by atoms with Crippen LogP contribution in [0.2, 0.25) is 0 Å². The molecule has 0 amide bonds. The van der Waals surface area contributed by atoms with Gasteiger partial charge in [0.1, 0.15) is 0 Å². The van der Waals surface area contributed by atoms with Crippen molar-refractivity contribution in [3.8, 4) is 23.1 Å². The van der Waals surface area contributed by atoms with Crippen molar-refractivity contribution in [2.45, 2.75) is 32.6 Å². The van der Waals surface area contributed by atoms with Crippen molar-refractivity contribution in [1.82, 2.24) is 14.7 Å². The van der Waals surface area contributed by atoms with Gasteiger partial charge in [0, 0.05) is 26.7 Å². The quantitative estimate of drug-likeness (QED) is 0.206. The molecule has 3 aromatic carbocycles. The number of aryl methyl sites for hydroxylation is 1. The molecule has 0 unspecified atom stereocenters. The number of ether oxygens (including phenoxy) is 4. The van der Waals surface area contributed by atoms with Gasteiger partial charge < -0.3 is 24.1 Å². The zero-order valence-electron chi connectivity index (χ0n) is 23.5. The van der Waals surface area contributed by atoms with Gasteiger partial charge in [-0.05, 0) is 36.2 Å². The minimum absolute atomic E-state index is 0.229. The minimum Gasteiger partial charge on any atom is -0.493 e. The number of aliphatic hydroxyl groups is 1. The van der Waals surface area contributed by atoms with E-state index in [-0.39, 0.29) is 6.61 Å². The van der Waals surface area contributed by atoms with Crippen molar-refractivity contribution in [2.75, 3.05) is 40.5 Å². The molecule has 212 valence electrons. The molecule has 1 N–H and O–H groups in total. The fraction of sp³-hybridized carbons (Fsp3) is 0.344. The Bertz CT molecular complexity index is 1300. The van der Waals surface area contributed by atoms with Crippen LogP contribution in [0.4, 0.5) is 0 Å². The van der Waals surface area contributed by atoms with Crippen molar-refractivity contribution in [3.63, 3.8) is 0 Å². The normalized spacial score (nSPS) is 12.0.